The van der Waals surface area contributed by atoms with Gasteiger partial charge in [0.2, 0.25) is 5.89 Å². The summed E-state index contributed by atoms with van der Waals surface area (Å²) in [6.07, 6.45) is 5.33. The fourth-order valence-corrected chi connectivity index (χ4v) is 4.23. The quantitative estimate of drug-likeness (QED) is 0.591. The average molecular weight is 422 g/mol. The highest BCUT2D eigenvalue weighted by atomic mass is 35.5. The Balaban J connectivity index is 0.00000240. The first kappa shape index (κ1) is 21.2. The Hall–Kier alpha value is -2.52. The number of carbonyl (C=O) groups is 1. The first-order chi connectivity index (χ1) is 13.4. The Morgan fingerprint density at radius 3 is 2.72 bits per heavy atom. The van der Waals surface area contributed by atoms with Gasteiger partial charge in [-0.05, 0) is 44.7 Å². The smallest absolute Gasteiger partial charge is 0.272 e. The number of amides is 1. The van der Waals surface area contributed by atoms with Gasteiger partial charge < -0.3 is 15.2 Å². The van der Waals surface area contributed by atoms with Crippen molar-refractivity contribution < 1.29 is 14.2 Å². The van der Waals surface area contributed by atoms with E-state index < -0.39 is 10.5 Å². The topological polar surface area (TPSA) is 128 Å². The lowest BCUT2D eigenvalue weighted by atomic mass is 9.98. The minimum Gasteiger partial charge on any atom is -0.337 e. The molecule has 156 valence electrons. The number of hydrogen-bond acceptors (Lipinski definition) is 7. The van der Waals surface area contributed by atoms with E-state index in [9.17, 15) is 14.9 Å². The number of nitro groups is 1. The Labute approximate surface area is 174 Å². The average Bonchev–Trinajstić information content (AvgIpc) is 3.40. The van der Waals surface area contributed by atoms with Crippen molar-refractivity contribution in [2.24, 2.45) is 5.73 Å². The zero-order valence-corrected chi connectivity index (χ0v) is 17.0. The first-order valence-corrected chi connectivity index (χ1v) is 9.58. The molecule has 1 aromatic carbocycles. The van der Waals surface area contributed by atoms with Gasteiger partial charge in [0.15, 0.2) is 5.82 Å². The van der Waals surface area contributed by atoms with Crippen LogP contribution in [0.1, 0.15) is 72.2 Å². The van der Waals surface area contributed by atoms with E-state index in [0.29, 0.717) is 29.4 Å². The highest BCUT2D eigenvalue weighted by Crippen LogP contribution is 2.37. The molecule has 2 aliphatic rings. The molecule has 0 radical (unpaired) electrons. The van der Waals surface area contributed by atoms with E-state index in [0.717, 1.165) is 38.5 Å². The molecule has 0 bridgehead atoms. The summed E-state index contributed by atoms with van der Waals surface area (Å²) in [7, 11) is 0. The molecular weight excluding hydrogens is 398 g/mol. The number of rotatable bonds is 4. The van der Waals surface area contributed by atoms with Gasteiger partial charge in [-0.25, -0.2) is 0 Å². The predicted molar refractivity (Wildman–Crippen MR) is 107 cm³/mol. The van der Waals surface area contributed by atoms with Crippen molar-refractivity contribution in [1.29, 1.82) is 0 Å². The molecule has 2 aromatic rings. The Kier molecular flexibility index (Phi) is 5.90. The lowest BCUT2D eigenvalue weighted by Gasteiger charge is -2.22. The largest absolute Gasteiger partial charge is 0.337 e. The number of halogens is 1. The third-order valence-corrected chi connectivity index (χ3v) is 5.82. The molecule has 0 spiro atoms. The van der Waals surface area contributed by atoms with E-state index in [4.69, 9.17) is 10.3 Å². The van der Waals surface area contributed by atoms with E-state index in [1.54, 1.807) is 17.9 Å². The van der Waals surface area contributed by atoms with Crippen molar-refractivity contribution in [3.05, 3.63) is 51.2 Å². The van der Waals surface area contributed by atoms with Crippen LogP contribution in [0.5, 0.6) is 0 Å². The zero-order chi connectivity index (χ0) is 19.9. The Morgan fingerprint density at radius 1 is 1.34 bits per heavy atom. The lowest BCUT2D eigenvalue weighted by molar-refractivity contribution is -0.385. The summed E-state index contributed by atoms with van der Waals surface area (Å²) < 4.78 is 5.49. The molecule has 1 saturated heterocycles. The van der Waals surface area contributed by atoms with Crippen LogP contribution < -0.4 is 5.73 Å². The van der Waals surface area contributed by atoms with Gasteiger partial charge in [0.25, 0.3) is 11.6 Å². The molecule has 1 aromatic heterocycles. The molecule has 9 nitrogen and oxygen atoms in total. The van der Waals surface area contributed by atoms with Crippen LogP contribution in [0, 0.1) is 17.0 Å². The maximum Gasteiger partial charge on any atom is 0.272 e. The fraction of sp³-hybridized carbons (Fsp3) is 0.526. The molecule has 2 N–H and O–H groups in total. The molecule has 1 saturated carbocycles. The first-order valence-electron chi connectivity index (χ1n) is 9.58. The van der Waals surface area contributed by atoms with E-state index in [1.165, 1.54) is 12.1 Å². The summed E-state index contributed by atoms with van der Waals surface area (Å²) in [4.78, 5) is 29.8. The summed E-state index contributed by atoms with van der Waals surface area (Å²) in [5.41, 5.74) is 6.75. The van der Waals surface area contributed by atoms with E-state index in [2.05, 4.69) is 10.1 Å². The van der Waals surface area contributed by atoms with Crippen LogP contribution in [0.4, 0.5) is 5.69 Å². The molecule has 1 aliphatic heterocycles. The van der Waals surface area contributed by atoms with Gasteiger partial charge in [-0.1, -0.05) is 18.0 Å². The summed E-state index contributed by atoms with van der Waals surface area (Å²) in [6.45, 7) is 2.20. The molecule has 10 heteroatoms. The molecule has 4 rings (SSSR count). The number of nitrogens with two attached hydrogens (primary N) is 1. The second-order valence-corrected chi connectivity index (χ2v) is 7.73. The number of nitro benzene ring substituents is 1. The van der Waals surface area contributed by atoms with Crippen LogP contribution in [0.3, 0.4) is 0 Å². The monoisotopic (exact) mass is 421 g/mol. The van der Waals surface area contributed by atoms with Crippen molar-refractivity contribution in [2.45, 2.75) is 57.0 Å². The number of carbonyl (C=O) groups excluding carboxylic acids is 1. The van der Waals surface area contributed by atoms with Crippen molar-refractivity contribution >= 4 is 24.0 Å². The molecule has 1 atom stereocenters. The van der Waals surface area contributed by atoms with Gasteiger partial charge >= 0.3 is 0 Å². The standard InChI is InChI=1S/C19H23N5O4.ClH/c1-12-11-13(6-7-14(12)24(26)27)17(25)23-10-4-5-15(23)16-21-18(22-28-16)19(20)8-2-3-9-19;/h6-7,11,15H,2-5,8-10,20H2,1H3;1H. The SMILES string of the molecule is Cc1cc(C(=O)N2CCCC2c2nc(C3(N)CCCC3)no2)ccc1[N+](=O)[O-].Cl. The maximum atomic E-state index is 13.0. The number of likely N-dealkylation sites (tertiary alicyclic amines) is 1. The van der Waals surface area contributed by atoms with E-state index >= 15 is 0 Å². The van der Waals surface area contributed by atoms with Crippen LogP contribution in [-0.2, 0) is 5.54 Å². The van der Waals surface area contributed by atoms with Crippen molar-refractivity contribution in [2.75, 3.05) is 6.54 Å². The summed E-state index contributed by atoms with van der Waals surface area (Å²) in [5, 5.41) is 15.1. The summed E-state index contributed by atoms with van der Waals surface area (Å²) >= 11 is 0. The third-order valence-electron chi connectivity index (χ3n) is 5.82. The summed E-state index contributed by atoms with van der Waals surface area (Å²) in [6, 6.07) is 4.13. The van der Waals surface area contributed by atoms with Crippen LogP contribution in [0.15, 0.2) is 22.7 Å². The van der Waals surface area contributed by atoms with Crippen molar-refractivity contribution in [3.8, 4) is 0 Å². The van der Waals surface area contributed by atoms with Gasteiger partial charge in [-0.15, -0.1) is 12.4 Å². The third kappa shape index (κ3) is 3.84. The summed E-state index contributed by atoms with van der Waals surface area (Å²) in [5.74, 6) is 0.741. The number of hydrogen-bond donors (Lipinski definition) is 1. The minimum atomic E-state index is -0.537. The van der Waals surface area contributed by atoms with Crippen molar-refractivity contribution in [3.63, 3.8) is 0 Å². The Morgan fingerprint density at radius 2 is 2.07 bits per heavy atom. The molecule has 1 unspecified atom stereocenters. The van der Waals surface area contributed by atoms with Crippen molar-refractivity contribution in [1.82, 2.24) is 15.0 Å². The van der Waals surface area contributed by atoms with Gasteiger partial charge in [0, 0.05) is 23.7 Å². The molecule has 2 heterocycles. The second-order valence-electron chi connectivity index (χ2n) is 7.73. The number of benzene rings is 1. The van der Waals surface area contributed by atoms with E-state index in [-0.39, 0.29) is 30.0 Å². The normalized spacial score (nSPS) is 20.5. The van der Waals surface area contributed by atoms with Crippen LogP contribution in [-0.4, -0.2) is 32.4 Å². The van der Waals surface area contributed by atoms with Gasteiger partial charge in [0.05, 0.1) is 10.5 Å². The predicted octanol–water partition coefficient (Wildman–Crippen LogP) is 3.41. The maximum absolute atomic E-state index is 13.0. The van der Waals surface area contributed by atoms with Gasteiger partial charge in [-0.3, -0.25) is 14.9 Å². The fourth-order valence-electron chi connectivity index (χ4n) is 4.23. The molecule has 1 amide bonds. The molecule has 1 aliphatic carbocycles. The molecular formula is C19H24ClN5O4. The second kappa shape index (κ2) is 8.08. The lowest BCUT2D eigenvalue weighted by Crippen LogP contribution is -2.34. The molecule has 2 fully saturated rings. The highest BCUT2D eigenvalue weighted by Gasteiger charge is 2.39. The minimum absolute atomic E-state index is 0. The van der Waals surface area contributed by atoms with Crippen LogP contribution in [0.25, 0.3) is 0 Å². The Bertz CT molecular complexity index is 925. The highest BCUT2D eigenvalue weighted by molar-refractivity contribution is 5.95. The van der Waals surface area contributed by atoms with Gasteiger partial charge in [-0.2, -0.15) is 4.98 Å². The van der Waals surface area contributed by atoms with Crippen LogP contribution in [0.2, 0.25) is 0 Å². The van der Waals surface area contributed by atoms with Crippen LogP contribution >= 0.6 is 12.4 Å². The van der Waals surface area contributed by atoms with E-state index in [1.807, 2.05) is 0 Å². The van der Waals surface area contributed by atoms with Gasteiger partial charge in [0.1, 0.15) is 6.04 Å². The number of nitrogens with zero attached hydrogens (tertiary/aromatic N) is 4. The zero-order valence-electron chi connectivity index (χ0n) is 16.2. The number of aromatic nitrogens is 2. The molecule has 29 heavy (non-hydrogen) atoms. The number of aryl methyl sites for hydroxylation is 1.